The number of esters is 1. The van der Waals surface area contributed by atoms with Gasteiger partial charge in [-0.3, -0.25) is 19.4 Å². The van der Waals surface area contributed by atoms with E-state index in [4.69, 9.17) is 15.2 Å². The number of amides is 1. The predicted octanol–water partition coefficient (Wildman–Crippen LogP) is 3.25. The summed E-state index contributed by atoms with van der Waals surface area (Å²) in [5.41, 5.74) is 5.01. The van der Waals surface area contributed by atoms with Crippen LogP contribution in [0.4, 0.5) is 26.3 Å². The van der Waals surface area contributed by atoms with Gasteiger partial charge in [0.1, 0.15) is 31.1 Å². The number of methoxy groups -OCH3 is 1. The summed E-state index contributed by atoms with van der Waals surface area (Å²) in [6, 6.07) is 7.34. The molecule has 0 saturated carbocycles. The zero-order chi connectivity index (χ0) is 29.9. The molecule has 1 aromatic carbocycles. The molecule has 0 unspecified atom stereocenters. The fourth-order valence-electron chi connectivity index (χ4n) is 2.89. The van der Waals surface area contributed by atoms with Crippen molar-refractivity contribution in [3.05, 3.63) is 35.9 Å². The molecule has 1 aromatic rings. The number of halogens is 6. The van der Waals surface area contributed by atoms with Crippen LogP contribution in [0.25, 0.3) is 0 Å². The van der Waals surface area contributed by atoms with Gasteiger partial charge in [0.15, 0.2) is 5.78 Å². The van der Waals surface area contributed by atoms with Gasteiger partial charge in [-0.1, -0.05) is 30.3 Å². The molecule has 0 heterocycles. The van der Waals surface area contributed by atoms with Crippen molar-refractivity contribution in [2.24, 2.45) is 10.7 Å². The number of nitrogens with one attached hydrogen (secondary N) is 1. The number of amidine groups is 1. The summed E-state index contributed by atoms with van der Waals surface area (Å²) in [4.78, 5) is 40.7. The first-order valence-electron chi connectivity index (χ1n) is 11.6. The predicted molar refractivity (Wildman–Crippen MR) is 126 cm³/mol. The summed E-state index contributed by atoms with van der Waals surface area (Å²) in [5, 5.41) is 2.25. The largest absolute Gasteiger partial charge is 0.460 e. The van der Waals surface area contributed by atoms with Crippen LogP contribution in [0.2, 0.25) is 0 Å². The zero-order valence-electron chi connectivity index (χ0n) is 21.5. The lowest BCUT2D eigenvalue weighted by atomic mass is 10.0. The van der Waals surface area contributed by atoms with Crippen LogP contribution in [-0.4, -0.2) is 73.9 Å². The van der Waals surface area contributed by atoms with Crippen LogP contribution in [0.5, 0.6) is 0 Å². The van der Waals surface area contributed by atoms with E-state index in [1.165, 1.54) is 21.0 Å². The molecule has 39 heavy (non-hydrogen) atoms. The summed E-state index contributed by atoms with van der Waals surface area (Å²) in [5.74, 6) is -2.81. The average Bonchev–Trinajstić information content (AvgIpc) is 2.83. The second kappa shape index (κ2) is 14.8. The Hall–Kier alpha value is -3.20. The lowest BCUT2D eigenvalue weighted by molar-refractivity contribution is -0.319. The molecule has 3 N–H and O–H groups in total. The zero-order valence-corrected chi connectivity index (χ0v) is 21.5. The number of benzene rings is 1. The molecule has 1 atom stereocenters. The van der Waals surface area contributed by atoms with Crippen LogP contribution in [0.15, 0.2) is 35.3 Å². The van der Waals surface area contributed by atoms with Crippen molar-refractivity contribution in [3.63, 3.8) is 0 Å². The van der Waals surface area contributed by atoms with Crippen LogP contribution in [0, 0.1) is 0 Å². The van der Waals surface area contributed by atoms with E-state index in [1.807, 2.05) is 0 Å². The number of rotatable bonds is 15. The Morgan fingerprint density at radius 2 is 1.62 bits per heavy atom. The molecule has 0 bridgehead atoms. The molecule has 0 fully saturated rings. The summed E-state index contributed by atoms with van der Waals surface area (Å²) in [7, 11) is 1.19. The highest BCUT2D eigenvalue weighted by Crippen LogP contribution is 2.35. The van der Waals surface area contributed by atoms with Gasteiger partial charge in [0.25, 0.3) is 5.91 Å². The minimum Gasteiger partial charge on any atom is -0.460 e. The summed E-state index contributed by atoms with van der Waals surface area (Å²) >= 11 is 0. The van der Waals surface area contributed by atoms with E-state index in [2.05, 4.69) is 15.0 Å². The quantitative estimate of drug-likeness (QED) is 0.109. The van der Waals surface area contributed by atoms with E-state index in [0.29, 0.717) is 0 Å². The molecular formula is C24H31F6N3O6. The number of Topliss-reactive ketones (excluding diaryl/α,β-unsaturated/α-hetero) is 1. The fraction of sp³-hybridized carbons (Fsp3) is 0.583. The van der Waals surface area contributed by atoms with Crippen molar-refractivity contribution in [2.75, 3.05) is 20.3 Å². The Bertz CT molecular complexity index is 969. The first-order valence-corrected chi connectivity index (χ1v) is 11.6. The second-order valence-corrected chi connectivity index (χ2v) is 8.82. The number of nitrogens with zero attached hydrogens (tertiary/aromatic N) is 1. The molecule has 1 amide bonds. The number of carbonyl (C=O) groups is 3. The molecule has 0 aromatic heterocycles. The van der Waals surface area contributed by atoms with Gasteiger partial charge >= 0.3 is 18.3 Å². The van der Waals surface area contributed by atoms with Gasteiger partial charge in [0, 0.05) is 13.7 Å². The van der Waals surface area contributed by atoms with Gasteiger partial charge in [0.2, 0.25) is 6.10 Å². The van der Waals surface area contributed by atoms with Crippen LogP contribution in [-0.2, 0) is 35.2 Å². The Morgan fingerprint density at radius 3 is 2.15 bits per heavy atom. The molecule has 1 rings (SSSR count). The number of ketones is 1. The van der Waals surface area contributed by atoms with E-state index in [0.717, 1.165) is 5.56 Å². The van der Waals surface area contributed by atoms with E-state index in [9.17, 15) is 40.7 Å². The van der Waals surface area contributed by atoms with Crippen LogP contribution in [0.3, 0.4) is 0 Å². The minimum absolute atomic E-state index is 0.0197. The maximum absolute atomic E-state index is 12.7. The van der Waals surface area contributed by atoms with Gasteiger partial charge in [-0.15, -0.1) is 0 Å². The molecule has 0 radical (unpaired) electrons. The maximum atomic E-state index is 12.7. The Balaban J connectivity index is 2.75. The average molecular weight is 572 g/mol. The third-order valence-corrected chi connectivity index (χ3v) is 5.27. The molecule has 220 valence electrons. The highest BCUT2D eigenvalue weighted by molar-refractivity contribution is 5.96. The fourth-order valence-corrected chi connectivity index (χ4v) is 2.89. The highest BCUT2D eigenvalue weighted by Gasteiger charge is 2.58. The van der Waals surface area contributed by atoms with Gasteiger partial charge in [-0.05, 0) is 32.3 Å². The molecule has 0 aliphatic heterocycles. The Kier molecular flexibility index (Phi) is 12.9. The normalized spacial score (nSPS) is 13.7. The van der Waals surface area contributed by atoms with Gasteiger partial charge in [-0.25, -0.2) is 0 Å². The summed E-state index contributed by atoms with van der Waals surface area (Å²) in [6.07, 6.45) is -16.3. The van der Waals surface area contributed by atoms with Crippen molar-refractivity contribution < 1.29 is 54.9 Å². The Labute approximate surface area is 221 Å². The Morgan fingerprint density at radius 1 is 1.03 bits per heavy atom. The number of ether oxygens (including phenoxy) is 3. The third kappa shape index (κ3) is 12.5. The number of nitrogens with two attached hydrogens (primary N) is 1. The summed E-state index contributed by atoms with van der Waals surface area (Å²) in [6.45, 7) is 1.07. The lowest BCUT2D eigenvalue weighted by Crippen LogP contribution is -2.52. The van der Waals surface area contributed by atoms with E-state index >= 15 is 0 Å². The van der Waals surface area contributed by atoms with Crippen molar-refractivity contribution in [2.45, 2.75) is 69.8 Å². The molecule has 0 saturated heterocycles. The molecule has 9 nitrogen and oxygen atoms in total. The van der Waals surface area contributed by atoms with Crippen molar-refractivity contribution >= 4 is 23.5 Å². The van der Waals surface area contributed by atoms with E-state index in [-0.39, 0.29) is 38.2 Å². The van der Waals surface area contributed by atoms with Crippen LogP contribution < -0.4 is 11.1 Å². The number of alkyl halides is 6. The van der Waals surface area contributed by atoms with E-state index < -0.39 is 54.4 Å². The number of aliphatic imine (C=N–C) groups is 1. The molecule has 0 aliphatic rings. The monoisotopic (exact) mass is 571 g/mol. The maximum Gasteiger partial charge on any atom is 0.423 e. The highest BCUT2D eigenvalue weighted by atomic mass is 19.4. The standard InChI is InChI=1S/C24H31F6N3O6/c1-22(2,37-3)21(36)33-16(17(34)14-39-20(23(25,26)27)24(28,29)30)10-7-11-32-18(31)12-19(35)38-13-15-8-5-4-6-9-15/h4-6,8-9,16,20H,7,10-14H2,1-3H3,(H2,31,32)(H,33,36)/t16-/m0/s1. The lowest BCUT2D eigenvalue weighted by Gasteiger charge is -2.27. The van der Waals surface area contributed by atoms with Crippen molar-refractivity contribution in [3.8, 4) is 0 Å². The third-order valence-electron chi connectivity index (χ3n) is 5.27. The van der Waals surface area contributed by atoms with Crippen LogP contribution in [0.1, 0.15) is 38.7 Å². The van der Waals surface area contributed by atoms with Gasteiger partial charge in [-0.2, -0.15) is 26.3 Å². The number of hydrogen-bond acceptors (Lipinski definition) is 7. The molecule has 0 aliphatic carbocycles. The second-order valence-electron chi connectivity index (χ2n) is 8.82. The van der Waals surface area contributed by atoms with E-state index in [1.54, 1.807) is 30.3 Å². The first kappa shape index (κ1) is 33.8. The first-order chi connectivity index (χ1) is 18.0. The van der Waals surface area contributed by atoms with Gasteiger partial charge in [0.05, 0.1) is 6.04 Å². The molecule has 0 spiro atoms. The number of hydrogen-bond donors (Lipinski definition) is 2. The smallest absolute Gasteiger partial charge is 0.423 e. The number of carbonyl (C=O) groups excluding carboxylic acids is 3. The van der Waals surface area contributed by atoms with Crippen molar-refractivity contribution in [1.82, 2.24) is 5.32 Å². The van der Waals surface area contributed by atoms with Crippen LogP contribution >= 0.6 is 0 Å². The minimum atomic E-state index is -5.80. The topological polar surface area (TPSA) is 129 Å². The summed E-state index contributed by atoms with van der Waals surface area (Å²) < 4.78 is 90.3. The molecule has 15 heteroatoms. The molecular weight excluding hydrogens is 540 g/mol. The SMILES string of the molecule is COC(C)(C)C(=O)N[C@@H](CCCN=C(N)CC(=O)OCc1ccccc1)C(=O)COC(C(F)(F)F)C(F)(F)F. The van der Waals surface area contributed by atoms with Crippen molar-refractivity contribution in [1.29, 1.82) is 0 Å². The van der Waals surface area contributed by atoms with Gasteiger partial charge < -0.3 is 25.3 Å².